The number of aryl methyl sites for hydroxylation is 1. The second kappa shape index (κ2) is 5.46. The summed E-state index contributed by atoms with van der Waals surface area (Å²) in [6.07, 6.45) is 7.77. The summed E-state index contributed by atoms with van der Waals surface area (Å²) in [5.74, 6) is 0.795. The van der Waals surface area contributed by atoms with Gasteiger partial charge in [0.25, 0.3) is 0 Å². The van der Waals surface area contributed by atoms with Gasteiger partial charge < -0.3 is 5.73 Å². The van der Waals surface area contributed by atoms with Gasteiger partial charge in [0.05, 0.1) is 0 Å². The fourth-order valence-corrected chi connectivity index (χ4v) is 3.99. The monoisotopic (exact) mass is 287 g/mol. The molecule has 0 saturated heterocycles. The van der Waals surface area contributed by atoms with Gasteiger partial charge in [-0.1, -0.05) is 12.8 Å². The minimum atomic E-state index is 0.418. The van der Waals surface area contributed by atoms with E-state index < -0.39 is 0 Å². The third-order valence-electron chi connectivity index (χ3n) is 3.40. The number of nitrogens with two attached hydrogens (primary N) is 1. The number of hydrogen-bond acceptors (Lipinski definition) is 2. The van der Waals surface area contributed by atoms with Gasteiger partial charge in [-0.2, -0.15) is 0 Å². The molecule has 1 aliphatic carbocycles. The van der Waals surface area contributed by atoms with Crippen molar-refractivity contribution in [2.24, 2.45) is 11.7 Å². The standard InChI is InChI=1S/C12H18BrNS/c13-10-7-8-15-12(10)6-5-11(14)9-3-1-2-4-9/h7-9,11H,1-6,14H2. The Bertz CT molecular complexity index is 304. The molecule has 0 amide bonds. The van der Waals surface area contributed by atoms with Crippen molar-refractivity contribution in [3.8, 4) is 0 Å². The average Bonchev–Trinajstić information content (AvgIpc) is 2.85. The Morgan fingerprint density at radius 2 is 2.20 bits per heavy atom. The SMILES string of the molecule is NC(CCc1sccc1Br)C1CCCC1. The zero-order valence-corrected chi connectivity index (χ0v) is 11.3. The summed E-state index contributed by atoms with van der Waals surface area (Å²) >= 11 is 5.40. The maximum atomic E-state index is 6.23. The van der Waals surface area contributed by atoms with Crippen molar-refractivity contribution >= 4 is 27.3 Å². The Kier molecular flexibility index (Phi) is 4.23. The molecule has 1 fully saturated rings. The van der Waals surface area contributed by atoms with Gasteiger partial charge >= 0.3 is 0 Å². The first-order chi connectivity index (χ1) is 7.27. The lowest BCUT2D eigenvalue weighted by Crippen LogP contribution is -2.28. The highest BCUT2D eigenvalue weighted by molar-refractivity contribution is 9.10. The van der Waals surface area contributed by atoms with Gasteiger partial charge in [0.2, 0.25) is 0 Å². The average molecular weight is 288 g/mol. The van der Waals surface area contributed by atoms with E-state index in [1.165, 1.54) is 35.0 Å². The molecule has 1 nitrogen and oxygen atoms in total. The van der Waals surface area contributed by atoms with Crippen molar-refractivity contribution in [1.82, 2.24) is 0 Å². The molecule has 84 valence electrons. The second-order valence-electron chi connectivity index (χ2n) is 4.44. The molecule has 1 saturated carbocycles. The lowest BCUT2D eigenvalue weighted by molar-refractivity contribution is 0.411. The first kappa shape index (κ1) is 11.6. The Labute approximate surface area is 104 Å². The highest BCUT2D eigenvalue weighted by Crippen LogP contribution is 2.30. The molecule has 3 heteroatoms. The van der Waals surface area contributed by atoms with Crippen LogP contribution < -0.4 is 5.73 Å². The third kappa shape index (κ3) is 3.05. The summed E-state index contributed by atoms with van der Waals surface area (Å²) < 4.78 is 1.26. The van der Waals surface area contributed by atoms with E-state index in [2.05, 4.69) is 27.4 Å². The van der Waals surface area contributed by atoms with Crippen molar-refractivity contribution in [3.63, 3.8) is 0 Å². The normalized spacial score (nSPS) is 19.6. The van der Waals surface area contributed by atoms with Gasteiger partial charge in [0.1, 0.15) is 0 Å². The summed E-state index contributed by atoms with van der Waals surface area (Å²) in [4.78, 5) is 1.45. The summed E-state index contributed by atoms with van der Waals surface area (Å²) in [5, 5.41) is 2.14. The quantitative estimate of drug-likeness (QED) is 0.891. The molecule has 0 aromatic carbocycles. The lowest BCUT2D eigenvalue weighted by Gasteiger charge is -2.18. The minimum absolute atomic E-state index is 0.418. The Morgan fingerprint density at radius 3 is 2.80 bits per heavy atom. The molecule has 2 rings (SSSR count). The lowest BCUT2D eigenvalue weighted by atomic mass is 9.95. The van der Waals surface area contributed by atoms with E-state index in [0.29, 0.717) is 6.04 Å². The Balaban J connectivity index is 1.80. The predicted octanol–water partition coefficient (Wildman–Crippen LogP) is 3.96. The molecule has 1 atom stereocenters. The van der Waals surface area contributed by atoms with E-state index in [-0.39, 0.29) is 0 Å². The number of halogens is 1. The molecule has 1 aromatic rings. The van der Waals surface area contributed by atoms with Crippen LogP contribution in [0.1, 0.15) is 37.0 Å². The Hall–Kier alpha value is 0.140. The van der Waals surface area contributed by atoms with Gasteiger partial charge in [-0.25, -0.2) is 0 Å². The number of thiophene rings is 1. The van der Waals surface area contributed by atoms with Crippen LogP contribution in [0.2, 0.25) is 0 Å². The van der Waals surface area contributed by atoms with Crippen molar-refractivity contribution in [1.29, 1.82) is 0 Å². The minimum Gasteiger partial charge on any atom is -0.327 e. The summed E-state index contributed by atoms with van der Waals surface area (Å²) in [6, 6.07) is 2.54. The van der Waals surface area contributed by atoms with Crippen LogP contribution in [0.4, 0.5) is 0 Å². The van der Waals surface area contributed by atoms with Gasteiger partial charge in [-0.15, -0.1) is 11.3 Å². The van der Waals surface area contributed by atoms with Gasteiger partial charge in [-0.05, 0) is 59.0 Å². The number of rotatable bonds is 4. The van der Waals surface area contributed by atoms with Crippen LogP contribution in [0, 0.1) is 5.92 Å². The van der Waals surface area contributed by atoms with Gasteiger partial charge in [-0.3, -0.25) is 0 Å². The van der Waals surface area contributed by atoms with Crippen LogP contribution >= 0.6 is 27.3 Å². The first-order valence-corrected chi connectivity index (χ1v) is 7.42. The van der Waals surface area contributed by atoms with Crippen molar-refractivity contribution < 1.29 is 0 Å². The van der Waals surface area contributed by atoms with Gasteiger partial charge in [0.15, 0.2) is 0 Å². The first-order valence-electron chi connectivity index (χ1n) is 5.75. The van der Waals surface area contributed by atoms with Crippen molar-refractivity contribution in [3.05, 3.63) is 20.8 Å². The highest BCUT2D eigenvalue weighted by Gasteiger charge is 2.21. The van der Waals surface area contributed by atoms with Crippen LogP contribution in [0.15, 0.2) is 15.9 Å². The fourth-order valence-electron chi connectivity index (χ4n) is 2.42. The molecule has 1 aromatic heterocycles. The van der Waals surface area contributed by atoms with Crippen LogP contribution in [0.3, 0.4) is 0 Å². The topological polar surface area (TPSA) is 26.0 Å². The van der Waals surface area contributed by atoms with Crippen LogP contribution in [-0.2, 0) is 6.42 Å². The molecule has 2 N–H and O–H groups in total. The molecular formula is C12H18BrNS. The molecule has 1 unspecified atom stereocenters. The molecule has 1 heterocycles. The van der Waals surface area contributed by atoms with Crippen LogP contribution in [-0.4, -0.2) is 6.04 Å². The van der Waals surface area contributed by atoms with E-state index in [4.69, 9.17) is 5.73 Å². The summed E-state index contributed by atoms with van der Waals surface area (Å²) in [7, 11) is 0. The zero-order chi connectivity index (χ0) is 10.7. The Morgan fingerprint density at radius 1 is 1.47 bits per heavy atom. The van der Waals surface area contributed by atoms with E-state index >= 15 is 0 Å². The van der Waals surface area contributed by atoms with Crippen molar-refractivity contribution in [2.45, 2.75) is 44.6 Å². The van der Waals surface area contributed by atoms with E-state index in [1.54, 1.807) is 0 Å². The van der Waals surface area contributed by atoms with Gasteiger partial charge in [0, 0.05) is 15.4 Å². The zero-order valence-electron chi connectivity index (χ0n) is 8.92. The molecule has 0 spiro atoms. The van der Waals surface area contributed by atoms with E-state index in [0.717, 1.165) is 18.8 Å². The van der Waals surface area contributed by atoms with Crippen molar-refractivity contribution in [2.75, 3.05) is 0 Å². The largest absolute Gasteiger partial charge is 0.327 e. The number of hydrogen-bond donors (Lipinski definition) is 1. The maximum absolute atomic E-state index is 6.23. The third-order valence-corrected chi connectivity index (χ3v) is 5.39. The molecule has 0 aliphatic heterocycles. The van der Waals surface area contributed by atoms with E-state index in [1.807, 2.05) is 11.3 Å². The fraction of sp³-hybridized carbons (Fsp3) is 0.667. The highest BCUT2D eigenvalue weighted by atomic mass is 79.9. The summed E-state index contributed by atoms with van der Waals surface area (Å²) in [6.45, 7) is 0. The summed E-state index contributed by atoms with van der Waals surface area (Å²) in [5.41, 5.74) is 6.23. The van der Waals surface area contributed by atoms with Crippen LogP contribution in [0.5, 0.6) is 0 Å². The maximum Gasteiger partial charge on any atom is 0.0314 e. The van der Waals surface area contributed by atoms with E-state index in [9.17, 15) is 0 Å². The molecule has 1 aliphatic rings. The second-order valence-corrected chi connectivity index (χ2v) is 6.29. The molecular weight excluding hydrogens is 270 g/mol. The molecule has 0 bridgehead atoms. The predicted molar refractivity (Wildman–Crippen MR) is 70.3 cm³/mol. The van der Waals surface area contributed by atoms with Crippen LogP contribution in [0.25, 0.3) is 0 Å². The molecule has 0 radical (unpaired) electrons. The molecule has 15 heavy (non-hydrogen) atoms. The smallest absolute Gasteiger partial charge is 0.0314 e.